The van der Waals surface area contributed by atoms with Gasteiger partial charge in [0.2, 0.25) is 11.8 Å². The van der Waals surface area contributed by atoms with Crippen molar-refractivity contribution in [2.45, 2.75) is 31.6 Å². The first-order valence-electron chi connectivity index (χ1n) is 13.2. The molecule has 11 heteroatoms. The van der Waals surface area contributed by atoms with Gasteiger partial charge in [0.1, 0.15) is 11.5 Å². The Morgan fingerprint density at radius 3 is 2.10 bits per heavy atom. The van der Waals surface area contributed by atoms with E-state index in [2.05, 4.69) is 6.07 Å². The van der Waals surface area contributed by atoms with Crippen LogP contribution in [0.4, 0.5) is 17.1 Å². The normalized spacial score (nSPS) is 19.1. The summed E-state index contributed by atoms with van der Waals surface area (Å²) in [5.74, 6) is -3.03. The van der Waals surface area contributed by atoms with Crippen LogP contribution in [0.2, 0.25) is 0 Å². The minimum absolute atomic E-state index is 0.0155. The van der Waals surface area contributed by atoms with Crippen LogP contribution in [-0.4, -0.2) is 51.1 Å². The number of anilines is 3. The molecule has 2 N–H and O–H groups in total. The lowest BCUT2D eigenvalue weighted by atomic mass is 9.81. The van der Waals surface area contributed by atoms with Gasteiger partial charge in [-0.15, -0.1) is 0 Å². The van der Waals surface area contributed by atoms with Crippen molar-refractivity contribution >= 4 is 40.8 Å². The van der Waals surface area contributed by atoms with Gasteiger partial charge in [-0.05, 0) is 36.6 Å². The van der Waals surface area contributed by atoms with Crippen molar-refractivity contribution < 1.29 is 28.7 Å². The number of rotatable bonds is 6. The van der Waals surface area contributed by atoms with Crippen LogP contribution in [0, 0.1) is 11.3 Å². The molecule has 3 aliphatic rings. The second kappa shape index (κ2) is 11.2. The van der Waals surface area contributed by atoms with Crippen molar-refractivity contribution in [3.05, 3.63) is 76.8 Å². The quantitative estimate of drug-likeness (QED) is 0.532. The van der Waals surface area contributed by atoms with Crippen LogP contribution in [0.5, 0.6) is 0 Å². The summed E-state index contributed by atoms with van der Waals surface area (Å²) in [5, 5.41) is 10.3. The average Bonchev–Trinajstić information content (AvgIpc) is 3.63. The number of carbonyl (C=O) groups is 4. The standard InChI is InChI=1S/C30H29N5O6/c1-40-29(38)26-25(18-8-4-3-5-9-18)20(17-31)28(32)35(27(26)30(39)41-2)21-13-12-19(33-14-6-10-23(33)36)16-22(21)34-15-7-11-24(34)37/h3-5,8-9,12-13,16,25H,6-7,10-11,14-15,32H2,1-2H3. The SMILES string of the molecule is COC(=O)C1=C(C(=O)OC)N(c2ccc(N3CCCC3=O)cc2N2CCCC2=O)C(N)=C(C#N)C1c1ccccc1. The number of carbonyl (C=O) groups excluding carboxylic acids is 4. The van der Waals surface area contributed by atoms with Crippen molar-refractivity contribution in [2.75, 3.05) is 42.0 Å². The molecule has 41 heavy (non-hydrogen) atoms. The summed E-state index contributed by atoms with van der Waals surface area (Å²) in [4.78, 5) is 56.9. The van der Waals surface area contributed by atoms with Gasteiger partial charge in [-0.25, -0.2) is 9.59 Å². The molecule has 1 unspecified atom stereocenters. The molecule has 3 heterocycles. The maximum atomic E-state index is 13.5. The number of nitrogens with two attached hydrogens (primary N) is 1. The molecule has 11 nitrogen and oxygen atoms in total. The molecule has 5 rings (SSSR count). The molecule has 0 aromatic heterocycles. The lowest BCUT2D eigenvalue weighted by Crippen LogP contribution is -2.41. The summed E-state index contributed by atoms with van der Waals surface area (Å²) >= 11 is 0. The molecule has 0 radical (unpaired) electrons. The topological polar surface area (TPSA) is 146 Å². The van der Waals surface area contributed by atoms with E-state index < -0.39 is 17.9 Å². The van der Waals surface area contributed by atoms with Gasteiger partial charge < -0.3 is 25.0 Å². The van der Waals surface area contributed by atoms with Crippen molar-refractivity contribution in [3.63, 3.8) is 0 Å². The van der Waals surface area contributed by atoms with Crippen LogP contribution in [0.15, 0.2) is 71.2 Å². The van der Waals surface area contributed by atoms with Crippen molar-refractivity contribution in [1.29, 1.82) is 5.26 Å². The molecule has 2 saturated heterocycles. The zero-order valence-corrected chi connectivity index (χ0v) is 22.8. The van der Waals surface area contributed by atoms with Crippen LogP contribution in [0.25, 0.3) is 0 Å². The first-order chi connectivity index (χ1) is 19.8. The van der Waals surface area contributed by atoms with Crippen LogP contribution in [0.1, 0.15) is 37.2 Å². The molecule has 210 valence electrons. The Bertz CT molecular complexity index is 1540. The third-order valence-corrected chi connectivity index (χ3v) is 7.56. The zero-order chi connectivity index (χ0) is 29.3. The van der Waals surface area contributed by atoms with Crippen LogP contribution in [0.3, 0.4) is 0 Å². The van der Waals surface area contributed by atoms with E-state index in [4.69, 9.17) is 15.2 Å². The Morgan fingerprint density at radius 1 is 0.902 bits per heavy atom. The first kappa shape index (κ1) is 27.5. The largest absolute Gasteiger partial charge is 0.466 e. The summed E-state index contributed by atoms with van der Waals surface area (Å²) < 4.78 is 10.2. The Morgan fingerprint density at radius 2 is 1.54 bits per heavy atom. The molecule has 0 saturated carbocycles. The molecule has 2 fully saturated rings. The highest BCUT2D eigenvalue weighted by atomic mass is 16.5. The molecule has 2 aromatic carbocycles. The minimum Gasteiger partial charge on any atom is -0.466 e. The van der Waals surface area contributed by atoms with Gasteiger partial charge in [0, 0.05) is 31.6 Å². The maximum absolute atomic E-state index is 13.5. The number of benzene rings is 2. The fourth-order valence-corrected chi connectivity index (χ4v) is 5.67. The number of methoxy groups -OCH3 is 2. The van der Waals surface area contributed by atoms with Gasteiger partial charge in [-0.1, -0.05) is 30.3 Å². The summed E-state index contributed by atoms with van der Waals surface area (Å²) in [6.07, 6.45) is 2.07. The summed E-state index contributed by atoms with van der Waals surface area (Å²) in [7, 11) is 2.35. The van der Waals surface area contributed by atoms with Crippen LogP contribution < -0.4 is 20.4 Å². The molecular formula is C30H29N5O6. The van der Waals surface area contributed by atoms with E-state index in [0.717, 1.165) is 0 Å². The molecule has 0 spiro atoms. The van der Waals surface area contributed by atoms with E-state index in [1.54, 1.807) is 58.3 Å². The highest BCUT2D eigenvalue weighted by molar-refractivity contribution is 6.09. The number of hydrogen-bond acceptors (Lipinski definition) is 9. The highest BCUT2D eigenvalue weighted by Crippen LogP contribution is 2.46. The lowest BCUT2D eigenvalue weighted by molar-refractivity contribution is -0.139. The van der Waals surface area contributed by atoms with Crippen LogP contribution in [-0.2, 0) is 28.7 Å². The monoisotopic (exact) mass is 555 g/mol. The summed E-state index contributed by atoms with van der Waals surface area (Å²) in [6, 6.07) is 15.9. The number of nitrogens with zero attached hydrogens (tertiary/aromatic N) is 4. The minimum atomic E-state index is -1.02. The number of hydrogen-bond donors (Lipinski definition) is 1. The van der Waals surface area contributed by atoms with Crippen LogP contribution >= 0.6 is 0 Å². The Balaban J connectivity index is 1.81. The molecular weight excluding hydrogens is 526 g/mol. The fourth-order valence-electron chi connectivity index (χ4n) is 5.67. The zero-order valence-electron chi connectivity index (χ0n) is 22.8. The molecule has 0 aliphatic carbocycles. The smallest absolute Gasteiger partial charge is 0.355 e. The average molecular weight is 556 g/mol. The predicted molar refractivity (Wildman–Crippen MR) is 149 cm³/mol. The maximum Gasteiger partial charge on any atom is 0.355 e. The number of amides is 2. The summed E-state index contributed by atoms with van der Waals surface area (Å²) in [6.45, 7) is 0.939. The Hall–Kier alpha value is -5.11. The third kappa shape index (κ3) is 4.67. The molecule has 2 amide bonds. The highest BCUT2D eigenvalue weighted by Gasteiger charge is 2.44. The number of allylic oxidation sites excluding steroid dienone is 1. The van der Waals surface area contributed by atoms with Gasteiger partial charge in [-0.2, -0.15) is 5.26 Å². The van der Waals surface area contributed by atoms with E-state index in [-0.39, 0.29) is 40.2 Å². The van der Waals surface area contributed by atoms with E-state index in [0.29, 0.717) is 55.7 Å². The second-order valence-electron chi connectivity index (χ2n) is 9.81. The second-order valence-corrected chi connectivity index (χ2v) is 9.81. The van der Waals surface area contributed by atoms with Gasteiger partial charge in [-0.3, -0.25) is 14.5 Å². The third-order valence-electron chi connectivity index (χ3n) is 7.56. The molecule has 1 atom stereocenters. The lowest BCUT2D eigenvalue weighted by Gasteiger charge is -2.37. The van der Waals surface area contributed by atoms with Crippen molar-refractivity contribution in [1.82, 2.24) is 0 Å². The van der Waals surface area contributed by atoms with Crippen molar-refractivity contribution in [2.24, 2.45) is 5.73 Å². The van der Waals surface area contributed by atoms with Gasteiger partial charge in [0.05, 0.1) is 48.7 Å². The van der Waals surface area contributed by atoms with E-state index in [1.165, 1.54) is 19.1 Å². The van der Waals surface area contributed by atoms with Gasteiger partial charge in [0.15, 0.2) is 0 Å². The molecule has 3 aliphatic heterocycles. The van der Waals surface area contributed by atoms with E-state index in [9.17, 15) is 24.4 Å². The molecule has 0 bridgehead atoms. The predicted octanol–water partition coefficient (Wildman–Crippen LogP) is 2.84. The van der Waals surface area contributed by atoms with E-state index in [1.807, 2.05) is 0 Å². The van der Waals surface area contributed by atoms with E-state index >= 15 is 0 Å². The van der Waals surface area contributed by atoms with Gasteiger partial charge >= 0.3 is 11.9 Å². The fraction of sp³-hybridized carbons (Fsp3) is 0.300. The molecule has 2 aromatic rings. The van der Waals surface area contributed by atoms with Crippen molar-refractivity contribution in [3.8, 4) is 6.07 Å². The Labute approximate surface area is 237 Å². The Kier molecular flexibility index (Phi) is 7.48. The number of esters is 2. The number of ether oxygens (including phenoxy) is 2. The number of nitriles is 1. The van der Waals surface area contributed by atoms with Gasteiger partial charge in [0.25, 0.3) is 0 Å². The summed E-state index contributed by atoms with van der Waals surface area (Å²) in [5.41, 5.74) is 8.13. The first-order valence-corrected chi connectivity index (χ1v) is 13.2.